The van der Waals surface area contributed by atoms with Crippen molar-refractivity contribution in [2.75, 3.05) is 0 Å². The maximum Gasteiger partial charge on any atom is 0.0379 e. The molecule has 0 radical (unpaired) electrons. The van der Waals surface area contributed by atoms with Crippen LogP contribution >= 0.6 is 6.04 Å². The quantitative estimate of drug-likeness (QED) is 0.277. The summed E-state index contributed by atoms with van der Waals surface area (Å²) in [5.41, 5.74) is 1.35. The fourth-order valence-electron chi connectivity index (χ4n) is 4.26. The van der Waals surface area contributed by atoms with E-state index in [0.717, 1.165) is 0 Å². The second-order valence-corrected chi connectivity index (χ2v) is 12.8. The van der Waals surface area contributed by atoms with Gasteiger partial charge in [-0.1, -0.05) is 123 Å². The highest BCUT2D eigenvalue weighted by molar-refractivity contribution is 8.25. The number of benzene rings is 5. The Morgan fingerprint density at radius 1 is 0.516 bits per heavy atom. The van der Waals surface area contributed by atoms with E-state index in [1.54, 1.807) is 0 Å². The summed E-state index contributed by atoms with van der Waals surface area (Å²) in [6.07, 6.45) is 0. The Kier molecular flexibility index (Phi) is 5.26. The molecule has 0 heterocycles. The molecule has 0 aliphatic rings. The molecular formula is C29H25PS. The molecule has 152 valence electrons. The van der Waals surface area contributed by atoms with E-state index in [-0.39, 0.29) is 0 Å². The average Bonchev–Trinajstić information content (AvgIpc) is 2.83. The lowest BCUT2D eigenvalue weighted by atomic mass is 10.0. The van der Waals surface area contributed by atoms with Crippen LogP contribution in [0.4, 0.5) is 0 Å². The molecule has 0 N–H and O–H groups in total. The van der Waals surface area contributed by atoms with Crippen LogP contribution in [0.1, 0.15) is 25.3 Å². The number of rotatable bonds is 4. The summed E-state index contributed by atoms with van der Waals surface area (Å²) in [5.74, 6) is 0.508. The maximum absolute atomic E-state index is 6.65. The van der Waals surface area contributed by atoms with E-state index in [1.807, 2.05) is 0 Å². The first-order valence-electron chi connectivity index (χ1n) is 10.7. The van der Waals surface area contributed by atoms with E-state index in [9.17, 15) is 0 Å². The van der Waals surface area contributed by atoms with Crippen molar-refractivity contribution in [2.45, 2.75) is 19.8 Å². The Labute approximate surface area is 189 Å². The molecule has 0 aliphatic carbocycles. The fourth-order valence-corrected chi connectivity index (χ4v) is 7.98. The highest BCUT2D eigenvalue weighted by Crippen LogP contribution is 2.44. The van der Waals surface area contributed by atoms with Crippen molar-refractivity contribution in [3.05, 3.63) is 115 Å². The Morgan fingerprint density at radius 3 is 1.39 bits per heavy atom. The second kappa shape index (κ2) is 8.08. The molecule has 5 aromatic rings. The zero-order chi connectivity index (χ0) is 21.4. The van der Waals surface area contributed by atoms with Crippen LogP contribution in [-0.4, -0.2) is 0 Å². The van der Waals surface area contributed by atoms with E-state index < -0.39 is 6.04 Å². The predicted molar refractivity (Wildman–Crippen MR) is 142 cm³/mol. The molecule has 0 saturated carbocycles. The van der Waals surface area contributed by atoms with E-state index in [2.05, 4.69) is 123 Å². The monoisotopic (exact) mass is 436 g/mol. The molecule has 0 nitrogen and oxygen atoms in total. The van der Waals surface area contributed by atoms with Crippen molar-refractivity contribution in [3.8, 4) is 0 Å². The summed E-state index contributed by atoms with van der Waals surface area (Å²) in [4.78, 5) is 0. The van der Waals surface area contributed by atoms with Crippen molar-refractivity contribution in [3.63, 3.8) is 0 Å². The van der Waals surface area contributed by atoms with Gasteiger partial charge in [0.1, 0.15) is 0 Å². The van der Waals surface area contributed by atoms with Crippen LogP contribution in [0.25, 0.3) is 21.5 Å². The van der Waals surface area contributed by atoms with E-state index in [0.29, 0.717) is 5.92 Å². The molecule has 0 aliphatic heterocycles. The molecule has 31 heavy (non-hydrogen) atoms. The highest BCUT2D eigenvalue weighted by atomic mass is 32.4. The lowest BCUT2D eigenvalue weighted by Crippen LogP contribution is -2.25. The van der Waals surface area contributed by atoms with Gasteiger partial charge in [0.2, 0.25) is 0 Å². The van der Waals surface area contributed by atoms with Crippen LogP contribution in [0.15, 0.2) is 109 Å². The molecular weight excluding hydrogens is 411 g/mol. The number of hydrogen-bond donors (Lipinski definition) is 0. The lowest BCUT2D eigenvalue weighted by Gasteiger charge is -2.25. The van der Waals surface area contributed by atoms with Gasteiger partial charge >= 0.3 is 0 Å². The molecule has 0 fully saturated rings. The summed E-state index contributed by atoms with van der Waals surface area (Å²) in [5, 5.41) is 8.73. The molecule has 5 aromatic carbocycles. The third kappa shape index (κ3) is 3.63. The zero-order valence-corrected chi connectivity index (χ0v) is 19.5. The SMILES string of the molecule is CC(C)c1ccc(P(=S)(c2ccc3ccccc3c2)c2ccc3ccccc3c2)cc1. The first-order chi connectivity index (χ1) is 15.1. The highest BCUT2D eigenvalue weighted by Gasteiger charge is 2.25. The largest absolute Gasteiger partial charge is 0.0826 e. The molecule has 0 aromatic heterocycles. The van der Waals surface area contributed by atoms with Gasteiger partial charge in [-0.15, -0.1) is 0 Å². The zero-order valence-electron chi connectivity index (χ0n) is 17.8. The van der Waals surface area contributed by atoms with E-state index in [1.165, 1.54) is 43.0 Å². The van der Waals surface area contributed by atoms with Crippen molar-refractivity contribution in [1.29, 1.82) is 0 Å². The minimum absolute atomic E-state index is 0.508. The van der Waals surface area contributed by atoms with Gasteiger partial charge in [-0.2, -0.15) is 0 Å². The predicted octanol–water partition coefficient (Wildman–Crippen LogP) is 6.87. The van der Waals surface area contributed by atoms with Gasteiger partial charge in [-0.05, 0) is 61.1 Å². The van der Waals surface area contributed by atoms with Crippen molar-refractivity contribution in [1.82, 2.24) is 0 Å². The van der Waals surface area contributed by atoms with Crippen molar-refractivity contribution < 1.29 is 0 Å². The molecule has 0 saturated heterocycles. The third-order valence-corrected chi connectivity index (χ3v) is 11.1. The van der Waals surface area contributed by atoms with Gasteiger partial charge in [0.15, 0.2) is 0 Å². The minimum atomic E-state index is -2.20. The van der Waals surface area contributed by atoms with Gasteiger partial charge in [0.25, 0.3) is 0 Å². The molecule has 0 amide bonds. The number of hydrogen-bond acceptors (Lipinski definition) is 1. The fraction of sp³-hybridized carbons (Fsp3) is 0.103. The molecule has 0 unspecified atom stereocenters. The standard InChI is InChI=1S/C29H25PS/c1-21(2)22-11-15-27(16-12-22)30(31,28-17-13-23-7-3-5-9-25(23)19-28)29-18-14-24-8-4-6-10-26(24)20-29/h3-21H,1-2H3. The summed E-state index contributed by atoms with van der Waals surface area (Å²) >= 11 is 6.65. The molecule has 5 rings (SSSR count). The summed E-state index contributed by atoms with van der Waals surface area (Å²) in [6, 6.07) is 37.4. The van der Waals surface area contributed by atoms with Gasteiger partial charge in [0, 0.05) is 6.04 Å². The van der Waals surface area contributed by atoms with Crippen LogP contribution in [-0.2, 0) is 11.8 Å². The topological polar surface area (TPSA) is 0 Å². The first kappa shape index (κ1) is 20.2. The van der Waals surface area contributed by atoms with Crippen LogP contribution in [0, 0.1) is 0 Å². The van der Waals surface area contributed by atoms with Crippen LogP contribution in [0.3, 0.4) is 0 Å². The molecule has 0 bridgehead atoms. The van der Waals surface area contributed by atoms with E-state index in [4.69, 9.17) is 11.8 Å². The Hall–Kier alpha value is -2.73. The lowest BCUT2D eigenvalue weighted by molar-refractivity contribution is 0.867. The summed E-state index contributed by atoms with van der Waals surface area (Å²) in [7, 11) is 0. The Bertz CT molecular complexity index is 1350. The molecule has 0 spiro atoms. The summed E-state index contributed by atoms with van der Waals surface area (Å²) < 4.78 is 0. The summed E-state index contributed by atoms with van der Waals surface area (Å²) in [6.45, 7) is 4.47. The van der Waals surface area contributed by atoms with Crippen LogP contribution in [0.2, 0.25) is 0 Å². The molecule has 0 atom stereocenters. The smallest absolute Gasteiger partial charge is 0.0379 e. The van der Waals surface area contributed by atoms with E-state index >= 15 is 0 Å². The van der Waals surface area contributed by atoms with Gasteiger partial charge in [-0.3, -0.25) is 0 Å². The van der Waals surface area contributed by atoms with Crippen molar-refractivity contribution in [2.24, 2.45) is 0 Å². The van der Waals surface area contributed by atoms with Crippen LogP contribution < -0.4 is 15.9 Å². The van der Waals surface area contributed by atoms with Gasteiger partial charge < -0.3 is 0 Å². The Morgan fingerprint density at radius 2 is 0.935 bits per heavy atom. The minimum Gasteiger partial charge on any atom is -0.0826 e. The third-order valence-electron chi connectivity index (χ3n) is 6.12. The van der Waals surface area contributed by atoms with Gasteiger partial charge in [0.05, 0.1) is 0 Å². The first-order valence-corrected chi connectivity index (χ1v) is 13.6. The van der Waals surface area contributed by atoms with Crippen LogP contribution in [0.5, 0.6) is 0 Å². The molecule has 2 heteroatoms. The normalized spacial score (nSPS) is 12.0. The average molecular weight is 437 g/mol. The second-order valence-electron chi connectivity index (χ2n) is 8.42. The maximum atomic E-state index is 6.65. The number of fused-ring (bicyclic) bond motifs is 2. The van der Waals surface area contributed by atoms with Gasteiger partial charge in [-0.25, -0.2) is 0 Å². The van der Waals surface area contributed by atoms with Crippen molar-refractivity contribution >= 4 is 55.3 Å². The Balaban J connectivity index is 1.76.